The van der Waals surface area contributed by atoms with Crippen LogP contribution in [0.25, 0.3) is 0 Å². The van der Waals surface area contributed by atoms with E-state index >= 15 is 0 Å². The number of carbonyl (C=O) groups is 2. The fourth-order valence-electron chi connectivity index (χ4n) is 0.444. The highest BCUT2D eigenvalue weighted by Crippen LogP contribution is 2.39. The Morgan fingerprint density at radius 1 is 0.652 bits per heavy atom. The third-order valence-corrected chi connectivity index (χ3v) is 1.41. The monoisotopic (exact) mass is 428 g/mol. The number of hydrogen-bond acceptors (Lipinski definition) is 3. The molecule has 0 spiro atoms. The van der Waals surface area contributed by atoms with Crippen LogP contribution < -0.4 is 0 Å². The molecule has 3 nitrogen and oxygen atoms in total. The molecule has 0 aromatic carbocycles. The van der Waals surface area contributed by atoms with Gasteiger partial charge < -0.3 is 4.74 Å². The van der Waals surface area contributed by atoms with Gasteiger partial charge >= 0.3 is 36.1 Å². The predicted octanol–water partition coefficient (Wildman–Crippen LogP) is 4.44. The zero-order chi connectivity index (χ0) is 19.4. The SMILES string of the molecule is ClC(Cl)Cl.O=C(OC(=O)C(F)(F)C(F)(F)F)C(F)(F)C(F)(F)F. The first-order valence-corrected chi connectivity index (χ1v) is 5.67. The van der Waals surface area contributed by atoms with Crippen molar-refractivity contribution in [1.82, 2.24) is 0 Å². The zero-order valence-corrected chi connectivity index (χ0v) is 12.0. The fourth-order valence-corrected chi connectivity index (χ4v) is 0.444. The molecule has 0 aliphatic rings. The van der Waals surface area contributed by atoms with Gasteiger partial charge in [0, 0.05) is 0 Å². The van der Waals surface area contributed by atoms with Crippen LogP contribution in [0.4, 0.5) is 43.9 Å². The molecular formula is C7HCl3F10O3. The summed E-state index contributed by atoms with van der Waals surface area (Å²) in [4.78, 5) is 20.2. The van der Waals surface area contributed by atoms with Crippen LogP contribution in [-0.2, 0) is 14.3 Å². The molecule has 16 heteroatoms. The quantitative estimate of drug-likeness (QED) is 0.282. The van der Waals surface area contributed by atoms with Gasteiger partial charge in [-0.25, -0.2) is 9.59 Å². The molecule has 138 valence electrons. The maximum atomic E-state index is 12.1. The summed E-state index contributed by atoms with van der Waals surface area (Å²) in [5.41, 5.74) is 0. The number of alkyl halides is 13. The van der Waals surface area contributed by atoms with E-state index in [0.29, 0.717) is 0 Å². The summed E-state index contributed by atoms with van der Waals surface area (Å²) in [5.74, 6) is -20.6. The maximum Gasteiger partial charge on any atom is 0.465 e. The highest BCUT2D eigenvalue weighted by Gasteiger charge is 2.69. The van der Waals surface area contributed by atoms with Crippen molar-refractivity contribution in [2.45, 2.75) is 28.5 Å². The largest absolute Gasteiger partial charge is 0.465 e. The highest BCUT2D eigenvalue weighted by atomic mass is 35.6. The Bertz CT molecular complexity index is 392. The van der Waals surface area contributed by atoms with E-state index in [-0.39, 0.29) is 0 Å². The maximum absolute atomic E-state index is 12.1. The van der Waals surface area contributed by atoms with Gasteiger partial charge in [-0.1, -0.05) is 34.8 Å². The first kappa shape index (κ1) is 24.6. The van der Waals surface area contributed by atoms with Crippen molar-refractivity contribution < 1.29 is 58.2 Å². The second-order valence-electron chi connectivity index (χ2n) is 3.07. The van der Waals surface area contributed by atoms with Crippen LogP contribution in [0.2, 0.25) is 0 Å². The summed E-state index contributed by atoms with van der Waals surface area (Å²) in [6.07, 6.45) is -13.3. The first-order chi connectivity index (χ1) is 9.78. The summed E-state index contributed by atoms with van der Waals surface area (Å²) in [7, 11) is 0. The van der Waals surface area contributed by atoms with E-state index in [2.05, 4.69) is 4.74 Å². The Labute approximate surface area is 134 Å². The normalized spacial score (nSPS) is 13.3. The van der Waals surface area contributed by atoms with Crippen molar-refractivity contribution in [3.63, 3.8) is 0 Å². The number of carbonyl (C=O) groups excluding carboxylic acids is 2. The summed E-state index contributed by atoms with van der Waals surface area (Å²) in [6, 6.07) is 0. The van der Waals surface area contributed by atoms with Crippen LogP contribution in [0.15, 0.2) is 0 Å². The molecule has 0 amide bonds. The molecule has 0 fully saturated rings. The molecule has 0 N–H and O–H groups in total. The van der Waals surface area contributed by atoms with Crippen molar-refractivity contribution in [2.75, 3.05) is 0 Å². The second-order valence-corrected chi connectivity index (χ2v) is 5.05. The van der Waals surface area contributed by atoms with Gasteiger partial charge in [-0.3, -0.25) is 0 Å². The van der Waals surface area contributed by atoms with Gasteiger partial charge in [-0.15, -0.1) is 0 Å². The minimum atomic E-state index is -6.63. The van der Waals surface area contributed by atoms with Crippen LogP contribution in [-0.4, -0.2) is 40.4 Å². The van der Waals surface area contributed by atoms with Gasteiger partial charge in [0.25, 0.3) is 0 Å². The predicted molar refractivity (Wildman–Crippen MR) is 54.4 cm³/mol. The molecule has 0 aliphatic carbocycles. The molecule has 0 aromatic heterocycles. The Morgan fingerprint density at radius 2 is 0.826 bits per heavy atom. The van der Waals surface area contributed by atoms with Crippen molar-refractivity contribution in [2.24, 2.45) is 0 Å². The summed E-state index contributed by atoms with van der Waals surface area (Å²) < 4.78 is 119. The third kappa shape index (κ3) is 7.16. The van der Waals surface area contributed by atoms with Gasteiger partial charge in [0.15, 0.2) is 4.30 Å². The van der Waals surface area contributed by atoms with E-state index in [1.165, 1.54) is 0 Å². The lowest BCUT2D eigenvalue weighted by atomic mass is 10.3. The summed E-state index contributed by atoms with van der Waals surface area (Å²) in [5, 5.41) is 0. The molecule has 0 aromatic rings. The first-order valence-electron chi connectivity index (χ1n) is 4.36. The zero-order valence-electron chi connectivity index (χ0n) is 9.72. The van der Waals surface area contributed by atoms with Crippen molar-refractivity contribution in [1.29, 1.82) is 0 Å². The Hall–Kier alpha value is -0.690. The molecular weight excluding hydrogens is 428 g/mol. The minimum absolute atomic E-state index is 0.750. The average molecular weight is 429 g/mol. The van der Waals surface area contributed by atoms with Gasteiger partial charge in [0.05, 0.1) is 0 Å². The number of rotatable bonds is 2. The minimum Gasteiger partial charge on any atom is -0.384 e. The van der Waals surface area contributed by atoms with Crippen LogP contribution in [0.3, 0.4) is 0 Å². The van der Waals surface area contributed by atoms with Crippen molar-refractivity contribution in [3.05, 3.63) is 0 Å². The smallest absolute Gasteiger partial charge is 0.384 e. The van der Waals surface area contributed by atoms with Crippen molar-refractivity contribution >= 4 is 46.7 Å². The molecule has 0 saturated carbocycles. The van der Waals surface area contributed by atoms with E-state index in [0.717, 1.165) is 0 Å². The van der Waals surface area contributed by atoms with Gasteiger partial charge in [-0.2, -0.15) is 43.9 Å². The number of ether oxygens (including phenoxy) is 1. The average Bonchev–Trinajstić information content (AvgIpc) is 2.24. The fraction of sp³-hybridized carbons (Fsp3) is 0.714. The van der Waals surface area contributed by atoms with E-state index in [4.69, 9.17) is 34.8 Å². The van der Waals surface area contributed by atoms with Crippen LogP contribution in [0.1, 0.15) is 0 Å². The van der Waals surface area contributed by atoms with E-state index < -0.39 is 40.4 Å². The molecule has 0 atom stereocenters. The van der Waals surface area contributed by atoms with E-state index in [1.54, 1.807) is 0 Å². The number of hydrogen-bond donors (Lipinski definition) is 0. The third-order valence-electron chi connectivity index (χ3n) is 1.41. The lowest BCUT2D eigenvalue weighted by molar-refractivity contribution is -0.292. The van der Waals surface area contributed by atoms with E-state index in [1.807, 2.05) is 0 Å². The molecule has 23 heavy (non-hydrogen) atoms. The lowest BCUT2D eigenvalue weighted by Crippen LogP contribution is -2.51. The Balaban J connectivity index is 0. The molecule has 0 radical (unpaired) electrons. The molecule has 0 saturated heterocycles. The molecule has 0 heterocycles. The summed E-state index contributed by atoms with van der Waals surface area (Å²) in [6.45, 7) is 0. The molecule has 0 unspecified atom stereocenters. The van der Waals surface area contributed by atoms with Crippen LogP contribution in [0, 0.1) is 0 Å². The van der Waals surface area contributed by atoms with Gasteiger partial charge in [0.1, 0.15) is 0 Å². The van der Waals surface area contributed by atoms with Crippen molar-refractivity contribution in [3.8, 4) is 0 Å². The molecule has 0 aliphatic heterocycles. The van der Waals surface area contributed by atoms with Crippen LogP contribution >= 0.6 is 34.8 Å². The van der Waals surface area contributed by atoms with E-state index in [9.17, 15) is 53.5 Å². The highest BCUT2D eigenvalue weighted by molar-refractivity contribution is 6.63. The standard InChI is InChI=1S/C6F10O3.CHCl3/c7-3(8,5(11,12)13)1(17)19-2(18)4(9,10)6(14,15)16;2-1(3)4/h;1H. The molecule has 0 bridgehead atoms. The number of halogens is 13. The Kier molecular flexibility index (Phi) is 8.46. The second kappa shape index (κ2) is 7.92. The topological polar surface area (TPSA) is 43.4 Å². The van der Waals surface area contributed by atoms with Gasteiger partial charge in [-0.05, 0) is 0 Å². The summed E-state index contributed by atoms with van der Waals surface area (Å²) >= 11 is 14.4. The lowest BCUT2D eigenvalue weighted by Gasteiger charge is -2.20. The Morgan fingerprint density at radius 3 is 0.957 bits per heavy atom. The molecule has 0 rings (SSSR count). The number of esters is 2. The van der Waals surface area contributed by atoms with Crippen LogP contribution in [0.5, 0.6) is 0 Å². The van der Waals surface area contributed by atoms with Gasteiger partial charge in [0.2, 0.25) is 0 Å².